The number of carbonyl (C=O) groups excluding carboxylic acids is 1. The molecule has 0 radical (unpaired) electrons. The van der Waals surface area contributed by atoms with Crippen LogP contribution in [0.25, 0.3) is 10.9 Å². The first-order chi connectivity index (χ1) is 12.1. The summed E-state index contributed by atoms with van der Waals surface area (Å²) in [7, 11) is 0. The standard InChI is InChI=1S/C19H16N2O4/c1-12-2-4-15-14(8-12)16(22)6-7-21(15)10-19(23)20-13-3-5-17-18(9-13)25-11-24-17/h2-9H,10-11H2,1H3,(H,20,23). The van der Waals surface area contributed by atoms with Crippen molar-refractivity contribution in [1.82, 2.24) is 4.57 Å². The molecule has 6 nitrogen and oxygen atoms in total. The molecule has 4 rings (SSSR count). The van der Waals surface area contributed by atoms with Crippen molar-refractivity contribution in [3.8, 4) is 11.5 Å². The van der Waals surface area contributed by atoms with Crippen LogP contribution in [-0.2, 0) is 11.3 Å². The molecule has 6 heteroatoms. The maximum Gasteiger partial charge on any atom is 0.244 e. The van der Waals surface area contributed by atoms with E-state index in [2.05, 4.69) is 5.32 Å². The number of pyridine rings is 1. The van der Waals surface area contributed by atoms with Crippen LogP contribution in [0.2, 0.25) is 0 Å². The van der Waals surface area contributed by atoms with Crippen LogP contribution in [0.1, 0.15) is 5.56 Å². The van der Waals surface area contributed by atoms with Gasteiger partial charge in [-0.3, -0.25) is 9.59 Å². The van der Waals surface area contributed by atoms with Crippen LogP contribution in [0.4, 0.5) is 5.69 Å². The Bertz CT molecular complexity index is 1040. The van der Waals surface area contributed by atoms with Crippen molar-refractivity contribution in [2.75, 3.05) is 12.1 Å². The molecule has 3 aromatic rings. The molecule has 25 heavy (non-hydrogen) atoms. The van der Waals surface area contributed by atoms with Gasteiger partial charge in [0.2, 0.25) is 12.7 Å². The normalized spacial score (nSPS) is 12.4. The Morgan fingerprint density at radius 2 is 1.96 bits per heavy atom. The highest BCUT2D eigenvalue weighted by Crippen LogP contribution is 2.34. The second kappa shape index (κ2) is 5.98. The highest BCUT2D eigenvalue weighted by atomic mass is 16.7. The van der Waals surface area contributed by atoms with E-state index in [1.165, 1.54) is 6.07 Å². The number of hydrogen-bond donors (Lipinski definition) is 1. The summed E-state index contributed by atoms with van der Waals surface area (Å²) in [6.45, 7) is 2.23. The first kappa shape index (κ1) is 15.3. The molecule has 2 aromatic carbocycles. The number of ether oxygens (including phenoxy) is 2. The molecule has 1 aliphatic heterocycles. The number of rotatable bonds is 3. The van der Waals surface area contributed by atoms with E-state index in [0.29, 0.717) is 22.6 Å². The van der Waals surface area contributed by atoms with E-state index in [9.17, 15) is 9.59 Å². The Morgan fingerprint density at radius 1 is 1.12 bits per heavy atom. The third kappa shape index (κ3) is 2.94. The fraction of sp³-hybridized carbons (Fsp3) is 0.158. The maximum absolute atomic E-state index is 12.4. The van der Waals surface area contributed by atoms with Gasteiger partial charge in [-0.1, -0.05) is 11.6 Å². The Balaban J connectivity index is 1.58. The number of amides is 1. The van der Waals surface area contributed by atoms with Crippen molar-refractivity contribution in [1.29, 1.82) is 0 Å². The van der Waals surface area contributed by atoms with Crippen LogP contribution in [0, 0.1) is 6.92 Å². The Morgan fingerprint density at radius 3 is 2.84 bits per heavy atom. The Labute approximate surface area is 143 Å². The quantitative estimate of drug-likeness (QED) is 0.798. The molecular formula is C19H16N2O4. The number of carbonyl (C=O) groups is 1. The largest absolute Gasteiger partial charge is 0.454 e. The van der Waals surface area contributed by atoms with E-state index in [1.54, 1.807) is 29.0 Å². The highest BCUT2D eigenvalue weighted by Gasteiger charge is 2.14. The minimum atomic E-state index is -0.190. The second-order valence-electron chi connectivity index (χ2n) is 5.94. The lowest BCUT2D eigenvalue weighted by molar-refractivity contribution is -0.116. The molecule has 0 atom stereocenters. The molecule has 1 aromatic heterocycles. The molecular weight excluding hydrogens is 320 g/mol. The predicted octanol–water partition coefficient (Wildman–Crippen LogP) is 2.68. The van der Waals surface area contributed by atoms with Crippen molar-refractivity contribution in [3.05, 3.63) is 64.4 Å². The lowest BCUT2D eigenvalue weighted by Gasteiger charge is -2.12. The number of hydrogen-bond acceptors (Lipinski definition) is 4. The van der Waals surface area contributed by atoms with Crippen molar-refractivity contribution < 1.29 is 14.3 Å². The van der Waals surface area contributed by atoms with Gasteiger partial charge in [-0.15, -0.1) is 0 Å². The third-order valence-corrected chi connectivity index (χ3v) is 4.10. The van der Waals surface area contributed by atoms with Gasteiger partial charge in [0.15, 0.2) is 16.9 Å². The average Bonchev–Trinajstić information content (AvgIpc) is 3.05. The van der Waals surface area contributed by atoms with E-state index < -0.39 is 0 Å². The molecule has 0 saturated carbocycles. The maximum atomic E-state index is 12.4. The van der Waals surface area contributed by atoms with E-state index in [1.807, 2.05) is 25.1 Å². The van der Waals surface area contributed by atoms with Crippen molar-refractivity contribution in [3.63, 3.8) is 0 Å². The summed E-state index contributed by atoms with van der Waals surface area (Å²) in [5.41, 5.74) is 2.33. The van der Waals surface area contributed by atoms with Crippen LogP contribution >= 0.6 is 0 Å². The van der Waals surface area contributed by atoms with E-state index >= 15 is 0 Å². The molecule has 0 fully saturated rings. The Hall–Kier alpha value is -3.28. The van der Waals surface area contributed by atoms with Gasteiger partial charge < -0.3 is 19.4 Å². The van der Waals surface area contributed by atoms with Crippen molar-refractivity contribution >= 4 is 22.5 Å². The van der Waals surface area contributed by atoms with E-state index in [4.69, 9.17) is 9.47 Å². The van der Waals surface area contributed by atoms with Gasteiger partial charge in [-0.2, -0.15) is 0 Å². The molecule has 0 saturated heterocycles. The molecule has 126 valence electrons. The van der Waals surface area contributed by atoms with Gasteiger partial charge in [0.1, 0.15) is 6.54 Å². The molecule has 1 aliphatic rings. The van der Waals surface area contributed by atoms with E-state index in [-0.39, 0.29) is 24.7 Å². The van der Waals surface area contributed by atoms with Gasteiger partial charge in [0.25, 0.3) is 0 Å². The first-order valence-corrected chi connectivity index (χ1v) is 7.89. The predicted molar refractivity (Wildman–Crippen MR) is 94.1 cm³/mol. The summed E-state index contributed by atoms with van der Waals surface area (Å²) in [5, 5.41) is 3.45. The number of nitrogens with one attached hydrogen (secondary N) is 1. The van der Waals surface area contributed by atoms with Gasteiger partial charge in [0, 0.05) is 29.4 Å². The van der Waals surface area contributed by atoms with Crippen LogP contribution in [-0.4, -0.2) is 17.3 Å². The number of nitrogens with zero attached hydrogens (tertiary/aromatic N) is 1. The topological polar surface area (TPSA) is 69.6 Å². The Kier molecular flexibility index (Phi) is 3.65. The molecule has 0 aliphatic carbocycles. The van der Waals surface area contributed by atoms with E-state index in [0.717, 1.165) is 11.1 Å². The fourth-order valence-electron chi connectivity index (χ4n) is 2.89. The molecule has 1 amide bonds. The number of benzene rings is 2. The van der Waals surface area contributed by atoms with Crippen molar-refractivity contribution in [2.45, 2.75) is 13.5 Å². The van der Waals surface area contributed by atoms with Crippen LogP contribution in [0.5, 0.6) is 11.5 Å². The van der Waals surface area contributed by atoms with Crippen LogP contribution in [0.3, 0.4) is 0 Å². The summed E-state index contributed by atoms with van der Waals surface area (Å²) in [6, 6.07) is 12.4. The van der Waals surface area contributed by atoms with Gasteiger partial charge in [-0.05, 0) is 31.2 Å². The lowest BCUT2D eigenvalue weighted by Crippen LogP contribution is -2.20. The molecule has 0 unspecified atom stereocenters. The van der Waals surface area contributed by atoms with Crippen molar-refractivity contribution in [2.24, 2.45) is 0 Å². The lowest BCUT2D eigenvalue weighted by atomic mass is 10.1. The zero-order valence-corrected chi connectivity index (χ0v) is 13.6. The molecule has 2 heterocycles. The van der Waals surface area contributed by atoms with Crippen LogP contribution in [0.15, 0.2) is 53.5 Å². The number of anilines is 1. The second-order valence-corrected chi connectivity index (χ2v) is 5.94. The summed E-state index contributed by atoms with van der Waals surface area (Å²) in [4.78, 5) is 24.4. The molecule has 0 spiro atoms. The SMILES string of the molecule is Cc1ccc2c(c1)c(=O)ccn2CC(=O)Nc1ccc2c(c1)OCO2. The minimum absolute atomic E-state index is 0.0499. The smallest absolute Gasteiger partial charge is 0.244 e. The number of aryl methyl sites for hydroxylation is 1. The highest BCUT2D eigenvalue weighted by molar-refractivity contribution is 5.92. The van der Waals surface area contributed by atoms with Crippen LogP contribution < -0.4 is 20.2 Å². The zero-order valence-electron chi connectivity index (χ0n) is 13.6. The first-order valence-electron chi connectivity index (χ1n) is 7.89. The van der Waals surface area contributed by atoms with Gasteiger partial charge in [0.05, 0.1) is 5.52 Å². The summed E-state index contributed by atoms with van der Waals surface area (Å²) >= 11 is 0. The zero-order chi connectivity index (χ0) is 17.4. The average molecular weight is 336 g/mol. The summed E-state index contributed by atoms with van der Waals surface area (Å²) in [5.74, 6) is 1.09. The molecule has 0 bridgehead atoms. The monoisotopic (exact) mass is 336 g/mol. The number of aromatic nitrogens is 1. The summed E-state index contributed by atoms with van der Waals surface area (Å²) < 4.78 is 12.3. The molecule has 1 N–H and O–H groups in total. The minimum Gasteiger partial charge on any atom is -0.454 e. The number of fused-ring (bicyclic) bond motifs is 2. The fourth-order valence-corrected chi connectivity index (χ4v) is 2.89. The van der Waals surface area contributed by atoms with Gasteiger partial charge >= 0.3 is 0 Å². The summed E-state index contributed by atoms with van der Waals surface area (Å²) in [6.07, 6.45) is 1.64. The third-order valence-electron chi connectivity index (χ3n) is 4.10. The van der Waals surface area contributed by atoms with Gasteiger partial charge in [-0.25, -0.2) is 0 Å².